The van der Waals surface area contributed by atoms with Crippen LogP contribution in [0.25, 0.3) is 16.3 Å². The van der Waals surface area contributed by atoms with E-state index in [0.717, 1.165) is 6.07 Å². The predicted molar refractivity (Wildman–Crippen MR) is 105 cm³/mol. The van der Waals surface area contributed by atoms with Crippen LogP contribution in [0.2, 0.25) is 0 Å². The first-order valence-electron chi connectivity index (χ1n) is 9.02. The Hall–Kier alpha value is -3.89. The lowest BCUT2D eigenvalue weighted by Gasteiger charge is -2.22. The van der Waals surface area contributed by atoms with Gasteiger partial charge >= 0.3 is 6.18 Å². The number of anilines is 1. The van der Waals surface area contributed by atoms with Gasteiger partial charge in [-0.3, -0.25) is 0 Å². The second kappa shape index (κ2) is 8.46. The molecule has 1 heterocycles. The smallest absolute Gasteiger partial charge is 0.407 e. The standard InChI is InChI=1S/C21H16F3N5O2/c1-11-15(8-9-16(26-3)17(11)21(22,23)24)27-18(12(2)30)20-29-28-19(31-20)14-6-4-13(10-25)5-7-14/h4-9,12,18,27,30H,1-2H3/t12-,18+/m0/s1. The molecular weight excluding hydrogens is 411 g/mol. The molecule has 158 valence electrons. The van der Waals surface area contributed by atoms with Gasteiger partial charge in [0.15, 0.2) is 5.69 Å². The molecule has 7 nitrogen and oxygen atoms in total. The number of alkyl halides is 3. The Bertz CT molecular complexity index is 1170. The van der Waals surface area contributed by atoms with Crippen LogP contribution in [0.4, 0.5) is 24.5 Å². The van der Waals surface area contributed by atoms with Crippen molar-refractivity contribution in [3.05, 3.63) is 70.4 Å². The minimum Gasteiger partial charge on any atom is -0.418 e. The summed E-state index contributed by atoms with van der Waals surface area (Å²) in [6, 6.07) is 9.78. The molecule has 0 fully saturated rings. The molecule has 0 unspecified atom stereocenters. The molecule has 0 aliphatic carbocycles. The number of nitrogens with zero attached hydrogens (tertiary/aromatic N) is 4. The van der Waals surface area contributed by atoms with Crippen LogP contribution < -0.4 is 5.32 Å². The van der Waals surface area contributed by atoms with Crippen molar-refractivity contribution in [3.8, 4) is 17.5 Å². The molecule has 31 heavy (non-hydrogen) atoms. The summed E-state index contributed by atoms with van der Waals surface area (Å²) < 4.78 is 46.0. The van der Waals surface area contributed by atoms with E-state index >= 15 is 0 Å². The average molecular weight is 427 g/mol. The van der Waals surface area contributed by atoms with E-state index in [1.807, 2.05) is 6.07 Å². The Morgan fingerprint density at radius 2 is 1.87 bits per heavy atom. The van der Waals surface area contributed by atoms with E-state index in [1.165, 1.54) is 19.9 Å². The fourth-order valence-corrected chi connectivity index (χ4v) is 3.03. The predicted octanol–water partition coefficient (Wildman–Crippen LogP) is 5.02. The van der Waals surface area contributed by atoms with Gasteiger partial charge in [-0.1, -0.05) is 6.07 Å². The number of hydrogen-bond acceptors (Lipinski definition) is 6. The summed E-state index contributed by atoms with van der Waals surface area (Å²) in [6.45, 7) is 9.67. The van der Waals surface area contributed by atoms with Crippen LogP contribution in [0.1, 0.15) is 35.5 Å². The van der Waals surface area contributed by atoms with E-state index in [-0.39, 0.29) is 23.0 Å². The number of nitrogens with one attached hydrogen (secondary N) is 1. The number of aromatic nitrogens is 2. The number of aliphatic hydroxyl groups excluding tert-OH is 1. The molecule has 0 saturated heterocycles. The minimum absolute atomic E-state index is 0.0310. The van der Waals surface area contributed by atoms with Gasteiger partial charge in [0.25, 0.3) is 0 Å². The zero-order valence-corrected chi connectivity index (χ0v) is 16.4. The molecule has 0 aliphatic rings. The van der Waals surface area contributed by atoms with Crippen molar-refractivity contribution >= 4 is 11.4 Å². The largest absolute Gasteiger partial charge is 0.418 e. The Morgan fingerprint density at radius 1 is 1.19 bits per heavy atom. The van der Waals surface area contributed by atoms with Gasteiger partial charge in [0.05, 0.1) is 29.9 Å². The van der Waals surface area contributed by atoms with Gasteiger partial charge in [0.2, 0.25) is 11.8 Å². The van der Waals surface area contributed by atoms with E-state index in [2.05, 4.69) is 20.4 Å². The quantitative estimate of drug-likeness (QED) is 0.555. The number of benzene rings is 2. The van der Waals surface area contributed by atoms with Crippen LogP contribution in [0.15, 0.2) is 40.8 Å². The minimum atomic E-state index is -4.71. The summed E-state index contributed by atoms with van der Waals surface area (Å²) >= 11 is 0. The zero-order valence-electron chi connectivity index (χ0n) is 16.4. The van der Waals surface area contributed by atoms with Crippen molar-refractivity contribution in [1.82, 2.24) is 10.2 Å². The van der Waals surface area contributed by atoms with Crippen molar-refractivity contribution < 1.29 is 22.7 Å². The number of halogens is 3. The van der Waals surface area contributed by atoms with Crippen LogP contribution in [0.5, 0.6) is 0 Å². The molecule has 2 N–H and O–H groups in total. The molecule has 1 aromatic heterocycles. The second-order valence-corrected chi connectivity index (χ2v) is 6.74. The van der Waals surface area contributed by atoms with Crippen LogP contribution in [0.3, 0.4) is 0 Å². The molecule has 3 rings (SSSR count). The van der Waals surface area contributed by atoms with Gasteiger partial charge in [-0.25, -0.2) is 4.85 Å². The second-order valence-electron chi connectivity index (χ2n) is 6.74. The molecule has 3 aromatic rings. The maximum atomic E-state index is 13.5. The number of nitriles is 1. The lowest BCUT2D eigenvalue weighted by Crippen LogP contribution is -2.24. The first kappa shape index (κ1) is 21.8. The van der Waals surface area contributed by atoms with Gasteiger partial charge in [-0.15, -0.1) is 10.2 Å². The van der Waals surface area contributed by atoms with Crippen molar-refractivity contribution in [3.63, 3.8) is 0 Å². The maximum absolute atomic E-state index is 13.5. The van der Waals surface area contributed by atoms with Gasteiger partial charge < -0.3 is 14.8 Å². The SMILES string of the molecule is [C-]#[N+]c1ccc(N[C@@H](c2nnc(-c3ccc(C#N)cc3)o2)[C@H](C)O)c(C)c1C(F)(F)F. The van der Waals surface area contributed by atoms with Crippen molar-refractivity contribution in [2.24, 2.45) is 0 Å². The van der Waals surface area contributed by atoms with Gasteiger partial charge in [-0.05, 0) is 49.7 Å². The Balaban J connectivity index is 1.95. The third-order valence-electron chi connectivity index (χ3n) is 4.61. The highest BCUT2D eigenvalue weighted by molar-refractivity contribution is 5.67. The monoisotopic (exact) mass is 427 g/mol. The van der Waals surface area contributed by atoms with Crippen LogP contribution >= 0.6 is 0 Å². The highest BCUT2D eigenvalue weighted by Crippen LogP contribution is 2.42. The summed E-state index contributed by atoms with van der Waals surface area (Å²) in [4.78, 5) is 2.95. The molecule has 0 saturated carbocycles. The molecule has 2 atom stereocenters. The summed E-state index contributed by atoms with van der Waals surface area (Å²) in [7, 11) is 0. The summed E-state index contributed by atoms with van der Waals surface area (Å²) in [5.41, 5.74) is -0.669. The molecule has 0 amide bonds. The van der Waals surface area contributed by atoms with Crippen molar-refractivity contribution in [1.29, 1.82) is 5.26 Å². The van der Waals surface area contributed by atoms with Gasteiger partial charge in [0, 0.05) is 11.3 Å². The molecular formula is C21H16F3N5O2. The average Bonchev–Trinajstić information content (AvgIpc) is 3.21. The Morgan fingerprint density at radius 3 is 2.42 bits per heavy atom. The van der Waals surface area contributed by atoms with E-state index in [9.17, 15) is 18.3 Å². The van der Waals surface area contributed by atoms with Crippen molar-refractivity contribution in [2.45, 2.75) is 32.2 Å². The third kappa shape index (κ3) is 4.49. The van der Waals surface area contributed by atoms with Gasteiger partial charge in [0.1, 0.15) is 6.04 Å². The number of rotatable bonds is 5. The number of aliphatic hydroxyl groups is 1. The van der Waals surface area contributed by atoms with E-state index in [4.69, 9.17) is 16.3 Å². The maximum Gasteiger partial charge on any atom is 0.407 e. The molecule has 0 spiro atoms. The fraction of sp³-hybridized carbons (Fsp3) is 0.238. The summed E-state index contributed by atoms with van der Waals surface area (Å²) in [6.07, 6.45) is -5.81. The highest BCUT2D eigenvalue weighted by Gasteiger charge is 2.36. The molecule has 0 aliphatic heterocycles. The van der Waals surface area contributed by atoms with Crippen LogP contribution in [-0.2, 0) is 6.18 Å². The zero-order chi connectivity index (χ0) is 22.8. The Labute approximate surface area is 175 Å². The third-order valence-corrected chi connectivity index (χ3v) is 4.61. The number of hydrogen-bond donors (Lipinski definition) is 2. The van der Waals surface area contributed by atoms with Gasteiger partial charge in [-0.2, -0.15) is 18.4 Å². The molecule has 10 heteroatoms. The molecule has 0 radical (unpaired) electrons. The summed E-state index contributed by atoms with van der Waals surface area (Å²) in [5.74, 6) is 0.0968. The molecule has 0 bridgehead atoms. The van der Waals surface area contributed by atoms with E-state index in [0.29, 0.717) is 11.1 Å². The topological polar surface area (TPSA) is 99.3 Å². The van der Waals surface area contributed by atoms with E-state index < -0.39 is 29.6 Å². The highest BCUT2D eigenvalue weighted by atomic mass is 19.4. The van der Waals surface area contributed by atoms with Crippen LogP contribution in [0, 0.1) is 24.8 Å². The van der Waals surface area contributed by atoms with Crippen molar-refractivity contribution in [2.75, 3.05) is 5.32 Å². The normalized spacial score (nSPS) is 13.2. The first-order valence-corrected chi connectivity index (χ1v) is 9.02. The van der Waals surface area contributed by atoms with E-state index in [1.54, 1.807) is 24.3 Å². The van der Waals surface area contributed by atoms with Crippen LogP contribution in [-0.4, -0.2) is 21.4 Å². The lowest BCUT2D eigenvalue weighted by atomic mass is 10.0. The molecule has 2 aromatic carbocycles. The summed E-state index contributed by atoms with van der Waals surface area (Å²) in [5, 5.41) is 29.7. The first-order chi connectivity index (χ1) is 14.7. The Kier molecular flexibility index (Phi) is 5.95. The lowest BCUT2D eigenvalue weighted by molar-refractivity contribution is -0.137. The fourth-order valence-electron chi connectivity index (χ4n) is 3.03.